The zero-order chi connectivity index (χ0) is 12.6. The molecular weight excluding hydrogens is 236 g/mol. The summed E-state index contributed by atoms with van der Waals surface area (Å²) in [5.41, 5.74) is 3.82. The highest BCUT2D eigenvalue weighted by atomic mass is 19.1. The molecule has 0 amide bonds. The van der Waals surface area contributed by atoms with E-state index >= 15 is 0 Å². The molecule has 2 aromatic rings. The number of anilines is 1. The van der Waals surface area contributed by atoms with Crippen LogP contribution in [-0.2, 0) is 0 Å². The van der Waals surface area contributed by atoms with Crippen molar-refractivity contribution in [1.82, 2.24) is 15.2 Å². The van der Waals surface area contributed by atoms with Crippen LogP contribution in [0.15, 0.2) is 12.1 Å². The van der Waals surface area contributed by atoms with Crippen LogP contribution in [0.25, 0.3) is 11.4 Å². The Labute approximate surface area is 92.4 Å². The van der Waals surface area contributed by atoms with Crippen molar-refractivity contribution >= 4 is 11.6 Å². The number of nitro benzene ring substituents is 1. The number of nitrogens with zero attached hydrogens (tertiary/aromatic N) is 3. The molecule has 1 aromatic heterocycles. The van der Waals surface area contributed by atoms with Crippen molar-refractivity contribution < 1.29 is 13.7 Å². The van der Waals surface area contributed by atoms with Gasteiger partial charge in [-0.05, 0) is 6.07 Å². The summed E-state index contributed by atoms with van der Waals surface area (Å²) in [7, 11) is 0. The third kappa shape index (κ3) is 1.89. The molecule has 0 fully saturated rings. The van der Waals surface area contributed by atoms with Crippen LogP contribution < -0.4 is 5.73 Å². The lowest BCUT2D eigenvalue weighted by atomic mass is 10.1. The minimum absolute atomic E-state index is 0.175. The fraction of sp³-hybridized carbons (Fsp3) is 0. The van der Waals surface area contributed by atoms with E-state index in [2.05, 4.69) is 15.2 Å². The third-order valence-electron chi connectivity index (χ3n) is 1.97. The molecule has 0 radical (unpaired) electrons. The van der Waals surface area contributed by atoms with E-state index in [9.17, 15) is 18.9 Å². The lowest BCUT2D eigenvalue weighted by Gasteiger charge is -2.00. The van der Waals surface area contributed by atoms with Crippen molar-refractivity contribution in [2.24, 2.45) is 0 Å². The predicted molar refractivity (Wildman–Crippen MR) is 52.8 cm³/mol. The van der Waals surface area contributed by atoms with Crippen molar-refractivity contribution in [3.8, 4) is 11.4 Å². The molecule has 17 heavy (non-hydrogen) atoms. The molecule has 0 atom stereocenters. The molecule has 0 aliphatic carbocycles. The van der Waals surface area contributed by atoms with Crippen LogP contribution >= 0.6 is 0 Å². The Kier molecular flexibility index (Phi) is 2.42. The van der Waals surface area contributed by atoms with Gasteiger partial charge in [0.05, 0.1) is 16.6 Å². The van der Waals surface area contributed by atoms with Gasteiger partial charge in [0.15, 0.2) is 5.82 Å². The first-order valence-corrected chi connectivity index (χ1v) is 4.30. The van der Waals surface area contributed by atoms with E-state index < -0.39 is 27.8 Å². The maximum Gasteiger partial charge on any atom is 0.308 e. The number of H-pyrrole nitrogens is 1. The smallest absolute Gasteiger partial charge is 0.308 e. The van der Waals surface area contributed by atoms with Crippen LogP contribution in [0, 0.1) is 21.7 Å². The molecule has 2 rings (SSSR count). The Morgan fingerprint density at radius 1 is 1.41 bits per heavy atom. The second kappa shape index (κ2) is 3.77. The summed E-state index contributed by atoms with van der Waals surface area (Å²) in [6, 6.07) is 1.25. The van der Waals surface area contributed by atoms with Gasteiger partial charge < -0.3 is 5.73 Å². The zero-order valence-corrected chi connectivity index (χ0v) is 8.15. The fourth-order valence-corrected chi connectivity index (χ4v) is 1.28. The molecule has 1 heterocycles. The van der Waals surface area contributed by atoms with Gasteiger partial charge in [0.1, 0.15) is 5.82 Å². The summed E-state index contributed by atoms with van der Waals surface area (Å²) in [5, 5.41) is 16.2. The summed E-state index contributed by atoms with van der Waals surface area (Å²) in [6.07, 6.45) is 0. The van der Waals surface area contributed by atoms with Gasteiger partial charge in [-0.3, -0.25) is 15.2 Å². The number of aromatic amines is 1. The first-order chi connectivity index (χ1) is 7.99. The van der Waals surface area contributed by atoms with E-state index in [1.807, 2.05) is 0 Å². The van der Waals surface area contributed by atoms with E-state index in [4.69, 9.17) is 5.73 Å². The Morgan fingerprint density at radius 2 is 2.12 bits per heavy atom. The number of hydrogen-bond donors (Lipinski definition) is 2. The maximum absolute atomic E-state index is 13.7. The van der Waals surface area contributed by atoms with Gasteiger partial charge in [-0.2, -0.15) is 9.37 Å². The van der Waals surface area contributed by atoms with Crippen molar-refractivity contribution in [2.75, 3.05) is 5.73 Å². The van der Waals surface area contributed by atoms with E-state index in [1.54, 1.807) is 0 Å². The molecule has 0 saturated heterocycles. The molecule has 0 aliphatic heterocycles. The lowest BCUT2D eigenvalue weighted by molar-refractivity contribution is -0.387. The molecule has 3 N–H and O–H groups in total. The van der Waals surface area contributed by atoms with E-state index in [0.29, 0.717) is 6.07 Å². The minimum Gasteiger partial charge on any atom is -0.366 e. The monoisotopic (exact) mass is 241 g/mol. The van der Waals surface area contributed by atoms with Crippen molar-refractivity contribution in [3.05, 3.63) is 33.9 Å². The summed E-state index contributed by atoms with van der Waals surface area (Å²) in [5.74, 6) is -2.51. The molecule has 0 saturated carbocycles. The fourth-order valence-electron chi connectivity index (χ4n) is 1.28. The maximum atomic E-state index is 13.7. The summed E-state index contributed by atoms with van der Waals surface area (Å²) < 4.78 is 26.8. The Morgan fingerprint density at radius 3 is 2.65 bits per heavy atom. The highest BCUT2D eigenvalue weighted by Gasteiger charge is 2.22. The largest absolute Gasteiger partial charge is 0.366 e. The third-order valence-corrected chi connectivity index (χ3v) is 1.97. The first-order valence-electron chi connectivity index (χ1n) is 4.30. The number of hydrogen-bond acceptors (Lipinski definition) is 5. The van der Waals surface area contributed by atoms with Crippen molar-refractivity contribution in [1.29, 1.82) is 0 Å². The summed E-state index contributed by atoms with van der Waals surface area (Å²) in [4.78, 5) is 13.0. The van der Waals surface area contributed by atoms with Crippen LogP contribution in [-0.4, -0.2) is 20.1 Å². The van der Waals surface area contributed by atoms with E-state index in [1.165, 1.54) is 0 Å². The number of nitrogens with two attached hydrogens (primary N) is 1. The number of nitrogen functional groups attached to an aromatic ring is 1. The standard InChI is InChI=1S/C8H5F2N5O2/c9-3-1-4(7-12-8(11)14-13-7)6(10)5(2-3)15(16)17/h1-2H,(H3,11,12,13,14). The normalized spacial score (nSPS) is 10.5. The molecule has 0 aliphatic rings. The molecule has 1 aromatic carbocycles. The number of halogens is 2. The quantitative estimate of drug-likeness (QED) is 0.606. The van der Waals surface area contributed by atoms with Crippen molar-refractivity contribution in [2.45, 2.75) is 0 Å². The van der Waals surface area contributed by atoms with E-state index in [0.717, 1.165) is 6.07 Å². The Hall–Kier alpha value is -2.58. The predicted octanol–water partition coefficient (Wildman–Crippen LogP) is 1.24. The SMILES string of the molecule is Nc1n[nH]c(-c2cc(F)cc([N+](=O)[O-])c2F)n1. The van der Waals surface area contributed by atoms with Gasteiger partial charge in [-0.25, -0.2) is 4.39 Å². The average molecular weight is 241 g/mol. The van der Waals surface area contributed by atoms with E-state index in [-0.39, 0.29) is 11.8 Å². The Bertz CT molecular complexity index is 598. The number of rotatable bonds is 2. The van der Waals surface area contributed by atoms with Crippen molar-refractivity contribution in [3.63, 3.8) is 0 Å². The molecule has 88 valence electrons. The van der Waals surface area contributed by atoms with Gasteiger partial charge >= 0.3 is 5.69 Å². The van der Waals surface area contributed by atoms with Gasteiger partial charge in [-0.1, -0.05) is 0 Å². The highest BCUT2D eigenvalue weighted by Crippen LogP contribution is 2.28. The van der Waals surface area contributed by atoms with Gasteiger partial charge in [0, 0.05) is 0 Å². The van der Waals surface area contributed by atoms with Crippen LogP contribution in [0.3, 0.4) is 0 Å². The van der Waals surface area contributed by atoms with Crippen LogP contribution in [0.2, 0.25) is 0 Å². The minimum atomic E-state index is -1.20. The molecular formula is C8H5F2N5O2. The molecule has 0 unspecified atom stereocenters. The summed E-state index contributed by atoms with van der Waals surface area (Å²) in [6.45, 7) is 0. The Balaban J connectivity index is 2.66. The van der Waals surface area contributed by atoms with Gasteiger partial charge in [0.2, 0.25) is 11.8 Å². The topological polar surface area (TPSA) is 111 Å². The number of nitrogens with one attached hydrogen (secondary N) is 1. The highest BCUT2D eigenvalue weighted by molar-refractivity contribution is 5.61. The second-order valence-corrected chi connectivity index (χ2v) is 3.09. The zero-order valence-electron chi connectivity index (χ0n) is 8.15. The summed E-state index contributed by atoms with van der Waals surface area (Å²) >= 11 is 0. The van der Waals surface area contributed by atoms with Gasteiger partial charge in [0.25, 0.3) is 0 Å². The van der Waals surface area contributed by atoms with Crippen LogP contribution in [0.4, 0.5) is 20.4 Å². The second-order valence-electron chi connectivity index (χ2n) is 3.09. The number of aromatic nitrogens is 3. The molecule has 0 spiro atoms. The molecule has 0 bridgehead atoms. The van der Waals surface area contributed by atoms with Crippen LogP contribution in [0.1, 0.15) is 0 Å². The lowest BCUT2D eigenvalue weighted by Crippen LogP contribution is -1.97. The average Bonchev–Trinajstić information content (AvgIpc) is 2.67. The van der Waals surface area contributed by atoms with Gasteiger partial charge in [-0.15, -0.1) is 5.10 Å². The number of nitro groups is 1. The number of benzene rings is 1. The molecule has 9 heteroatoms. The van der Waals surface area contributed by atoms with Crippen LogP contribution in [0.5, 0.6) is 0 Å². The molecule has 7 nitrogen and oxygen atoms in total. The first kappa shape index (κ1) is 10.9.